The van der Waals surface area contributed by atoms with Gasteiger partial charge in [-0.3, -0.25) is 4.79 Å². The summed E-state index contributed by atoms with van der Waals surface area (Å²) < 4.78 is 0. The average molecular weight is 291 g/mol. The van der Waals surface area contributed by atoms with Crippen LogP contribution in [-0.4, -0.2) is 23.9 Å². The number of thiophene rings is 2. The molecule has 100 valence electrons. The number of amides is 1. The normalized spacial score (nSPS) is 16.3. The monoisotopic (exact) mass is 291 g/mol. The number of nitrogens with zero attached hydrogens (tertiary/aromatic N) is 1. The highest BCUT2D eigenvalue weighted by Gasteiger charge is 2.19. The first-order chi connectivity index (χ1) is 9.34. The van der Waals surface area contributed by atoms with Crippen LogP contribution in [0.2, 0.25) is 0 Å². The van der Waals surface area contributed by atoms with Gasteiger partial charge in [0.1, 0.15) is 0 Å². The summed E-state index contributed by atoms with van der Waals surface area (Å²) >= 11 is 3.29. The van der Waals surface area contributed by atoms with E-state index in [-0.39, 0.29) is 5.91 Å². The van der Waals surface area contributed by atoms with Crippen LogP contribution in [0.25, 0.3) is 10.4 Å². The number of carbonyl (C=O) groups is 1. The van der Waals surface area contributed by atoms with E-state index in [9.17, 15) is 4.79 Å². The maximum absolute atomic E-state index is 12.5. The summed E-state index contributed by atoms with van der Waals surface area (Å²) in [5.41, 5.74) is 1.18. The Bertz CT molecular complexity index is 536. The van der Waals surface area contributed by atoms with E-state index in [4.69, 9.17) is 0 Å². The fourth-order valence-corrected chi connectivity index (χ4v) is 4.11. The third-order valence-corrected chi connectivity index (χ3v) is 5.35. The summed E-state index contributed by atoms with van der Waals surface area (Å²) in [6.07, 6.45) is 4.81. The van der Waals surface area contributed by atoms with Crippen LogP contribution < -0.4 is 0 Å². The van der Waals surface area contributed by atoms with Gasteiger partial charge in [-0.15, -0.1) is 22.7 Å². The summed E-state index contributed by atoms with van der Waals surface area (Å²) in [6.45, 7) is 1.84. The van der Waals surface area contributed by atoms with Gasteiger partial charge >= 0.3 is 0 Å². The SMILES string of the molecule is O=C(c1cc(-c2cccs2)cs1)N1CCCCCC1. The molecule has 0 bridgehead atoms. The second kappa shape index (κ2) is 5.88. The van der Waals surface area contributed by atoms with Gasteiger partial charge in [0.25, 0.3) is 5.91 Å². The molecular weight excluding hydrogens is 274 g/mol. The fourth-order valence-electron chi connectivity index (χ4n) is 2.45. The standard InChI is InChI=1S/C15H17NOS2/c17-15(16-7-3-1-2-4-8-16)14-10-12(11-19-14)13-6-5-9-18-13/h5-6,9-11H,1-4,7-8H2. The van der Waals surface area contributed by atoms with Crippen molar-refractivity contribution in [2.24, 2.45) is 0 Å². The Kier molecular flexibility index (Phi) is 3.99. The van der Waals surface area contributed by atoms with E-state index in [2.05, 4.69) is 16.8 Å². The zero-order valence-corrected chi connectivity index (χ0v) is 12.4. The Morgan fingerprint density at radius 3 is 2.58 bits per heavy atom. The second-order valence-electron chi connectivity index (χ2n) is 4.88. The van der Waals surface area contributed by atoms with Gasteiger partial charge in [0.05, 0.1) is 4.88 Å². The molecule has 2 aromatic rings. The molecule has 0 N–H and O–H groups in total. The molecule has 3 heterocycles. The largest absolute Gasteiger partial charge is 0.338 e. The topological polar surface area (TPSA) is 20.3 Å². The minimum atomic E-state index is 0.217. The van der Waals surface area contributed by atoms with Crippen LogP contribution in [0.3, 0.4) is 0 Å². The first kappa shape index (κ1) is 12.9. The molecule has 0 unspecified atom stereocenters. The summed E-state index contributed by atoms with van der Waals surface area (Å²) in [5, 5.41) is 4.17. The van der Waals surface area contributed by atoms with Crippen LogP contribution in [0, 0.1) is 0 Å². The van der Waals surface area contributed by atoms with Crippen molar-refractivity contribution in [3.8, 4) is 10.4 Å². The van der Waals surface area contributed by atoms with Crippen molar-refractivity contribution in [2.45, 2.75) is 25.7 Å². The van der Waals surface area contributed by atoms with E-state index >= 15 is 0 Å². The Labute approximate surface area is 121 Å². The molecule has 3 rings (SSSR count). The quantitative estimate of drug-likeness (QED) is 0.798. The van der Waals surface area contributed by atoms with E-state index in [0.717, 1.165) is 30.8 Å². The van der Waals surface area contributed by atoms with Gasteiger partial charge in [0.2, 0.25) is 0 Å². The van der Waals surface area contributed by atoms with Crippen LogP contribution in [0.5, 0.6) is 0 Å². The molecule has 0 saturated carbocycles. The number of rotatable bonds is 2. The van der Waals surface area contributed by atoms with Gasteiger partial charge in [-0.05, 0) is 30.4 Å². The van der Waals surface area contributed by atoms with Crippen molar-refractivity contribution < 1.29 is 4.79 Å². The smallest absolute Gasteiger partial charge is 0.263 e. The van der Waals surface area contributed by atoms with Gasteiger partial charge in [-0.25, -0.2) is 0 Å². The minimum Gasteiger partial charge on any atom is -0.338 e. The molecule has 1 aliphatic heterocycles. The Balaban J connectivity index is 1.76. The molecule has 0 atom stereocenters. The molecule has 2 aromatic heterocycles. The molecule has 4 heteroatoms. The lowest BCUT2D eigenvalue weighted by Crippen LogP contribution is -2.31. The zero-order chi connectivity index (χ0) is 13.1. The molecule has 0 radical (unpaired) electrons. The van der Waals surface area contributed by atoms with Crippen LogP contribution in [0.15, 0.2) is 29.0 Å². The molecule has 1 amide bonds. The lowest BCUT2D eigenvalue weighted by atomic mass is 10.2. The molecule has 1 aliphatic rings. The second-order valence-corrected chi connectivity index (χ2v) is 6.74. The van der Waals surface area contributed by atoms with E-state index < -0.39 is 0 Å². The van der Waals surface area contributed by atoms with E-state index in [1.807, 2.05) is 17.0 Å². The Morgan fingerprint density at radius 1 is 1.11 bits per heavy atom. The molecule has 1 saturated heterocycles. The molecule has 19 heavy (non-hydrogen) atoms. The average Bonchev–Trinajstić information content (AvgIpc) is 3.04. The first-order valence-electron chi connectivity index (χ1n) is 6.76. The molecule has 0 spiro atoms. The van der Waals surface area contributed by atoms with Crippen LogP contribution in [-0.2, 0) is 0 Å². The Hall–Kier alpha value is -1.13. The lowest BCUT2D eigenvalue weighted by molar-refractivity contribution is 0.0766. The maximum Gasteiger partial charge on any atom is 0.263 e. The van der Waals surface area contributed by atoms with Crippen molar-refractivity contribution >= 4 is 28.6 Å². The number of hydrogen-bond donors (Lipinski definition) is 0. The minimum absolute atomic E-state index is 0.217. The van der Waals surface area contributed by atoms with Crippen LogP contribution in [0.4, 0.5) is 0 Å². The molecule has 2 nitrogen and oxygen atoms in total. The number of likely N-dealkylation sites (tertiary alicyclic amines) is 1. The van der Waals surface area contributed by atoms with Crippen molar-refractivity contribution in [2.75, 3.05) is 13.1 Å². The third kappa shape index (κ3) is 2.90. The first-order valence-corrected chi connectivity index (χ1v) is 8.52. The van der Waals surface area contributed by atoms with Crippen LogP contribution in [0.1, 0.15) is 35.4 Å². The van der Waals surface area contributed by atoms with Gasteiger partial charge in [0.15, 0.2) is 0 Å². The van der Waals surface area contributed by atoms with Crippen LogP contribution >= 0.6 is 22.7 Å². The van der Waals surface area contributed by atoms with Gasteiger partial charge < -0.3 is 4.90 Å². The zero-order valence-electron chi connectivity index (χ0n) is 10.8. The van der Waals surface area contributed by atoms with Gasteiger partial charge in [-0.2, -0.15) is 0 Å². The van der Waals surface area contributed by atoms with Crippen molar-refractivity contribution in [1.29, 1.82) is 0 Å². The van der Waals surface area contributed by atoms with Crippen molar-refractivity contribution in [1.82, 2.24) is 4.90 Å². The van der Waals surface area contributed by atoms with Gasteiger partial charge in [0, 0.05) is 28.9 Å². The van der Waals surface area contributed by atoms with Gasteiger partial charge in [-0.1, -0.05) is 18.9 Å². The molecule has 1 fully saturated rings. The molecule has 0 aliphatic carbocycles. The fraction of sp³-hybridized carbons (Fsp3) is 0.400. The summed E-state index contributed by atoms with van der Waals surface area (Å²) in [5.74, 6) is 0.217. The van der Waals surface area contributed by atoms with E-state index in [1.54, 1.807) is 22.7 Å². The third-order valence-electron chi connectivity index (χ3n) is 3.51. The van der Waals surface area contributed by atoms with E-state index in [1.165, 1.54) is 23.3 Å². The predicted octanol–water partition coefficient (Wildman–Crippen LogP) is 4.49. The highest BCUT2D eigenvalue weighted by Crippen LogP contribution is 2.30. The highest BCUT2D eigenvalue weighted by molar-refractivity contribution is 7.15. The predicted molar refractivity (Wildman–Crippen MR) is 82.0 cm³/mol. The highest BCUT2D eigenvalue weighted by atomic mass is 32.1. The molecule has 0 aromatic carbocycles. The lowest BCUT2D eigenvalue weighted by Gasteiger charge is -2.19. The molecular formula is C15H17NOS2. The summed E-state index contributed by atoms with van der Waals surface area (Å²) in [4.78, 5) is 16.6. The van der Waals surface area contributed by atoms with Crippen molar-refractivity contribution in [3.63, 3.8) is 0 Å². The maximum atomic E-state index is 12.5. The number of hydrogen-bond acceptors (Lipinski definition) is 3. The number of carbonyl (C=O) groups excluding carboxylic acids is 1. The Morgan fingerprint density at radius 2 is 1.89 bits per heavy atom. The summed E-state index contributed by atoms with van der Waals surface area (Å²) in [7, 11) is 0. The summed E-state index contributed by atoms with van der Waals surface area (Å²) in [6, 6.07) is 6.20. The van der Waals surface area contributed by atoms with E-state index in [0.29, 0.717) is 0 Å². The van der Waals surface area contributed by atoms with Crippen molar-refractivity contribution in [3.05, 3.63) is 33.8 Å².